The van der Waals surface area contributed by atoms with E-state index in [1.54, 1.807) is 25.5 Å². The monoisotopic (exact) mass is 442 g/mol. The van der Waals surface area contributed by atoms with Gasteiger partial charge in [-0.2, -0.15) is 5.10 Å². The first kappa shape index (κ1) is 22.1. The van der Waals surface area contributed by atoms with Gasteiger partial charge < -0.3 is 14.5 Å². The first-order valence-corrected chi connectivity index (χ1v) is 10.8. The highest BCUT2D eigenvalue weighted by atomic mass is 16.5. The summed E-state index contributed by atoms with van der Waals surface area (Å²) >= 11 is 0. The summed E-state index contributed by atoms with van der Waals surface area (Å²) in [5.41, 5.74) is 6.60. The number of methoxy groups -OCH3 is 1. The number of nitrogens with one attached hydrogen (secondary N) is 2. The second kappa shape index (κ2) is 10.5. The molecule has 3 aromatic carbocycles. The lowest BCUT2D eigenvalue weighted by atomic mass is 10.1. The van der Waals surface area contributed by atoms with Gasteiger partial charge in [-0.05, 0) is 54.4 Å². The first-order valence-electron chi connectivity index (χ1n) is 10.8. The van der Waals surface area contributed by atoms with Crippen molar-refractivity contribution in [3.63, 3.8) is 0 Å². The number of carbonyl (C=O) groups is 1. The fraction of sp³-hybridized carbons (Fsp3) is 0.192. The van der Waals surface area contributed by atoms with Gasteiger partial charge in [-0.25, -0.2) is 10.4 Å². The Bertz CT molecular complexity index is 1260. The Balaban J connectivity index is 1.43. The summed E-state index contributed by atoms with van der Waals surface area (Å²) < 4.78 is 10.9. The van der Waals surface area contributed by atoms with Crippen molar-refractivity contribution in [3.05, 3.63) is 89.2 Å². The SMILES string of the molecule is CCCOc1ccccc1/C=N\NC(=O)c1ccc2nc(Cc3ccc(OC)cc3)[nH]c2c1. The second-order valence-corrected chi connectivity index (χ2v) is 7.53. The third-order valence-electron chi connectivity index (χ3n) is 5.07. The standard InChI is InChI=1S/C26H26N4O3/c1-3-14-33-24-7-5-4-6-20(24)17-27-30-26(31)19-10-13-22-23(16-19)29-25(28-22)15-18-8-11-21(32-2)12-9-18/h4-13,16-17H,3,14-15H2,1-2H3,(H,28,29)(H,30,31)/b27-17-. The summed E-state index contributed by atoms with van der Waals surface area (Å²) in [5.74, 6) is 2.08. The third kappa shape index (κ3) is 5.57. The van der Waals surface area contributed by atoms with Crippen LogP contribution in [0.5, 0.6) is 11.5 Å². The van der Waals surface area contributed by atoms with Crippen LogP contribution in [0, 0.1) is 0 Å². The van der Waals surface area contributed by atoms with Gasteiger partial charge in [0.1, 0.15) is 17.3 Å². The van der Waals surface area contributed by atoms with Crippen molar-refractivity contribution in [1.82, 2.24) is 15.4 Å². The summed E-state index contributed by atoms with van der Waals surface area (Å²) in [7, 11) is 1.65. The van der Waals surface area contributed by atoms with Crippen molar-refractivity contribution < 1.29 is 14.3 Å². The smallest absolute Gasteiger partial charge is 0.271 e. The van der Waals surface area contributed by atoms with Crippen LogP contribution in [-0.2, 0) is 6.42 Å². The number of aromatic amines is 1. The minimum absolute atomic E-state index is 0.300. The van der Waals surface area contributed by atoms with Gasteiger partial charge in [0.25, 0.3) is 5.91 Å². The molecule has 1 amide bonds. The fourth-order valence-corrected chi connectivity index (χ4v) is 3.38. The number of aromatic nitrogens is 2. The van der Waals surface area contributed by atoms with Gasteiger partial charge in [-0.1, -0.05) is 31.2 Å². The molecular formula is C26H26N4O3. The van der Waals surface area contributed by atoms with Crippen LogP contribution < -0.4 is 14.9 Å². The maximum atomic E-state index is 12.6. The first-order chi connectivity index (χ1) is 16.2. The van der Waals surface area contributed by atoms with E-state index in [2.05, 4.69) is 27.4 Å². The molecule has 0 spiro atoms. The summed E-state index contributed by atoms with van der Waals surface area (Å²) in [5, 5.41) is 4.10. The fourth-order valence-electron chi connectivity index (χ4n) is 3.38. The number of imidazole rings is 1. The maximum absolute atomic E-state index is 12.6. The molecule has 4 aromatic rings. The lowest BCUT2D eigenvalue weighted by Gasteiger charge is -2.07. The Kier molecular flexibility index (Phi) is 6.99. The van der Waals surface area contributed by atoms with Gasteiger partial charge in [0.05, 0.1) is 31.0 Å². The van der Waals surface area contributed by atoms with E-state index in [-0.39, 0.29) is 5.91 Å². The molecule has 4 rings (SSSR count). The molecule has 33 heavy (non-hydrogen) atoms. The third-order valence-corrected chi connectivity index (χ3v) is 5.07. The van der Waals surface area contributed by atoms with E-state index in [1.807, 2.05) is 54.6 Å². The molecule has 168 valence electrons. The summed E-state index contributed by atoms with van der Waals surface area (Å²) in [6.45, 7) is 2.68. The maximum Gasteiger partial charge on any atom is 0.271 e. The molecule has 0 aliphatic rings. The number of hydrogen-bond acceptors (Lipinski definition) is 5. The molecular weight excluding hydrogens is 416 g/mol. The number of benzene rings is 3. The zero-order valence-electron chi connectivity index (χ0n) is 18.7. The normalized spacial score (nSPS) is 11.1. The van der Waals surface area contributed by atoms with Gasteiger partial charge in [0, 0.05) is 17.5 Å². The van der Waals surface area contributed by atoms with E-state index in [0.717, 1.165) is 45.9 Å². The predicted molar refractivity (Wildman–Crippen MR) is 129 cm³/mol. The number of fused-ring (bicyclic) bond motifs is 1. The molecule has 7 heteroatoms. The number of H-pyrrole nitrogens is 1. The van der Waals surface area contributed by atoms with E-state index in [0.29, 0.717) is 18.6 Å². The van der Waals surface area contributed by atoms with Crippen LogP contribution >= 0.6 is 0 Å². The molecule has 1 aromatic heterocycles. The average Bonchev–Trinajstić information content (AvgIpc) is 3.25. The Hall–Kier alpha value is -4.13. The highest BCUT2D eigenvalue weighted by Gasteiger charge is 2.09. The molecule has 0 unspecified atom stereocenters. The van der Waals surface area contributed by atoms with E-state index >= 15 is 0 Å². The predicted octanol–water partition coefficient (Wildman–Crippen LogP) is 4.72. The number of rotatable bonds is 9. The van der Waals surface area contributed by atoms with Crippen LogP contribution in [0.25, 0.3) is 11.0 Å². The number of nitrogens with zero attached hydrogens (tertiary/aromatic N) is 2. The molecule has 7 nitrogen and oxygen atoms in total. The van der Waals surface area contributed by atoms with Gasteiger partial charge in [-0.15, -0.1) is 0 Å². The molecule has 0 saturated carbocycles. The Labute approximate surface area is 192 Å². The Morgan fingerprint density at radius 2 is 1.94 bits per heavy atom. The van der Waals surface area contributed by atoms with Crippen molar-refractivity contribution in [3.8, 4) is 11.5 Å². The zero-order valence-corrected chi connectivity index (χ0v) is 18.7. The van der Waals surface area contributed by atoms with E-state index in [9.17, 15) is 4.79 Å². The molecule has 0 saturated heterocycles. The average molecular weight is 443 g/mol. The largest absolute Gasteiger partial charge is 0.497 e. The highest BCUT2D eigenvalue weighted by molar-refractivity contribution is 5.98. The number of carbonyl (C=O) groups excluding carboxylic acids is 1. The Morgan fingerprint density at radius 3 is 2.73 bits per heavy atom. The number of hydrogen-bond donors (Lipinski definition) is 2. The van der Waals surface area contributed by atoms with Crippen molar-refractivity contribution in [1.29, 1.82) is 0 Å². The molecule has 0 atom stereocenters. The second-order valence-electron chi connectivity index (χ2n) is 7.53. The van der Waals surface area contributed by atoms with Crippen LogP contribution in [0.1, 0.15) is 40.7 Å². The van der Waals surface area contributed by atoms with E-state index in [4.69, 9.17) is 9.47 Å². The molecule has 0 fully saturated rings. The minimum atomic E-state index is -0.300. The van der Waals surface area contributed by atoms with Crippen LogP contribution in [-0.4, -0.2) is 35.8 Å². The number of amides is 1. The van der Waals surface area contributed by atoms with Crippen LogP contribution in [0.2, 0.25) is 0 Å². The van der Waals surface area contributed by atoms with E-state index < -0.39 is 0 Å². The lowest BCUT2D eigenvalue weighted by molar-refractivity contribution is 0.0955. The summed E-state index contributed by atoms with van der Waals surface area (Å²) in [4.78, 5) is 20.5. The lowest BCUT2D eigenvalue weighted by Crippen LogP contribution is -2.17. The van der Waals surface area contributed by atoms with Crippen molar-refractivity contribution in [2.24, 2.45) is 5.10 Å². The van der Waals surface area contributed by atoms with Gasteiger partial charge in [-0.3, -0.25) is 4.79 Å². The van der Waals surface area contributed by atoms with Crippen molar-refractivity contribution in [2.75, 3.05) is 13.7 Å². The van der Waals surface area contributed by atoms with Crippen molar-refractivity contribution >= 4 is 23.2 Å². The highest BCUT2D eigenvalue weighted by Crippen LogP contribution is 2.18. The molecule has 0 radical (unpaired) electrons. The van der Waals surface area contributed by atoms with Gasteiger partial charge >= 0.3 is 0 Å². The quantitative estimate of drug-likeness (QED) is 0.290. The molecule has 0 aliphatic heterocycles. The Morgan fingerprint density at radius 1 is 1.12 bits per heavy atom. The summed E-state index contributed by atoms with van der Waals surface area (Å²) in [6, 6.07) is 20.8. The van der Waals surface area contributed by atoms with Crippen molar-refractivity contribution in [2.45, 2.75) is 19.8 Å². The number of hydrazone groups is 1. The molecule has 1 heterocycles. The minimum Gasteiger partial charge on any atom is -0.497 e. The van der Waals surface area contributed by atoms with E-state index in [1.165, 1.54) is 0 Å². The molecule has 0 aliphatic carbocycles. The van der Waals surface area contributed by atoms with Gasteiger partial charge in [0.15, 0.2) is 0 Å². The topological polar surface area (TPSA) is 88.6 Å². The molecule has 2 N–H and O–H groups in total. The summed E-state index contributed by atoms with van der Waals surface area (Å²) in [6.07, 6.45) is 3.16. The van der Waals surface area contributed by atoms with Gasteiger partial charge in [0.2, 0.25) is 0 Å². The zero-order chi connectivity index (χ0) is 23.0. The van der Waals surface area contributed by atoms with Crippen LogP contribution in [0.3, 0.4) is 0 Å². The number of para-hydroxylation sites is 1. The number of ether oxygens (including phenoxy) is 2. The van der Waals surface area contributed by atoms with Crippen LogP contribution in [0.15, 0.2) is 71.8 Å². The molecule has 0 bridgehead atoms. The van der Waals surface area contributed by atoms with Crippen LogP contribution in [0.4, 0.5) is 0 Å².